The number of nitrogens with zero attached hydrogens (tertiary/aromatic N) is 2. The monoisotopic (exact) mass is 221 g/mol. The van der Waals surface area contributed by atoms with Crippen LogP contribution in [0.2, 0.25) is 0 Å². The molecule has 0 aliphatic carbocycles. The Morgan fingerprint density at radius 1 is 1.44 bits per heavy atom. The van der Waals surface area contributed by atoms with E-state index < -0.39 is 0 Å². The molecule has 88 valence electrons. The first kappa shape index (κ1) is 11.4. The van der Waals surface area contributed by atoms with Crippen molar-refractivity contribution in [2.75, 3.05) is 32.1 Å². The van der Waals surface area contributed by atoms with Gasteiger partial charge in [-0.3, -0.25) is 0 Å². The Balaban J connectivity index is 2.16. The van der Waals surface area contributed by atoms with Crippen LogP contribution in [0.25, 0.3) is 0 Å². The molecule has 4 nitrogen and oxygen atoms in total. The Labute approximate surface area is 96.6 Å². The second-order valence-corrected chi connectivity index (χ2v) is 4.44. The molecule has 0 radical (unpaired) electrons. The van der Waals surface area contributed by atoms with Crippen LogP contribution in [0.3, 0.4) is 0 Å². The first-order chi connectivity index (χ1) is 7.66. The van der Waals surface area contributed by atoms with E-state index in [9.17, 15) is 0 Å². The van der Waals surface area contributed by atoms with Crippen LogP contribution in [-0.4, -0.2) is 38.3 Å². The van der Waals surface area contributed by atoms with Gasteiger partial charge >= 0.3 is 0 Å². The van der Waals surface area contributed by atoms with E-state index in [4.69, 9.17) is 4.74 Å². The van der Waals surface area contributed by atoms with Crippen molar-refractivity contribution in [1.82, 2.24) is 10.3 Å². The van der Waals surface area contributed by atoms with Crippen LogP contribution in [0.1, 0.15) is 18.6 Å². The minimum Gasteiger partial charge on any atom is -0.368 e. The van der Waals surface area contributed by atoms with Crippen LogP contribution in [0, 0.1) is 0 Å². The van der Waals surface area contributed by atoms with Gasteiger partial charge in [-0.1, -0.05) is 0 Å². The first-order valence-corrected chi connectivity index (χ1v) is 5.66. The summed E-state index contributed by atoms with van der Waals surface area (Å²) in [6.45, 7) is 3.90. The predicted molar refractivity (Wildman–Crippen MR) is 64.7 cm³/mol. The summed E-state index contributed by atoms with van der Waals surface area (Å²) in [6, 6.07) is 4.11. The van der Waals surface area contributed by atoms with Gasteiger partial charge in [0.2, 0.25) is 0 Å². The Morgan fingerprint density at radius 2 is 2.25 bits per heavy atom. The SMILES string of the molecule is C[C@@H]1CNC[C@H](c2ccnc(N(C)C)c2)O1. The number of ether oxygens (including phenoxy) is 1. The molecule has 0 saturated carbocycles. The molecule has 2 rings (SSSR count). The lowest BCUT2D eigenvalue weighted by atomic mass is 10.1. The zero-order valence-electron chi connectivity index (χ0n) is 10.1. The van der Waals surface area contributed by atoms with E-state index in [2.05, 4.69) is 23.3 Å². The third kappa shape index (κ3) is 2.51. The fraction of sp³-hybridized carbons (Fsp3) is 0.583. The van der Waals surface area contributed by atoms with Crippen LogP contribution < -0.4 is 10.2 Å². The van der Waals surface area contributed by atoms with Gasteiger partial charge in [-0.25, -0.2) is 4.98 Å². The molecule has 1 N–H and O–H groups in total. The highest BCUT2D eigenvalue weighted by Crippen LogP contribution is 2.23. The average molecular weight is 221 g/mol. The Bertz CT molecular complexity index is 354. The van der Waals surface area contributed by atoms with Gasteiger partial charge in [0, 0.05) is 33.4 Å². The fourth-order valence-electron chi connectivity index (χ4n) is 1.87. The van der Waals surface area contributed by atoms with Gasteiger partial charge in [0.05, 0.1) is 12.2 Å². The summed E-state index contributed by atoms with van der Waals surface area (Å²) < 4.78 is 5.90. The second kappa shape index (κ2) is 4.80. The van der Waals surface area contributed by atoms with Crippen molar-refractivity contribution >= 4 is 5.82 Å². The lowest BCUT2D eigenvalue weighted by molar-refractivity contribution is -0.0287. The molecule has 2 atom stereocenters. The molecule has 0 bridgehead atoms. The number of hydrogen-bond donors (Lipinski definition) is 1. The molecule has 0 amide bonds. The minimum atomic E-state index is 0.144. The van der Waals surface area contributed by atoms with E-state index in [-0.39, 0.29) is 12.2 Å². The standard InChI is InChI=1S/C12H19N3O/c1-9-7-13-8-11(16-9)10-4-5-14-12(6-10)15(2)3/h4-6,9,11,13H,7-8H2,1-3H3/t9-,11-/m1/s1. The van der Waals surface area contributed by atoms with Crippen LogP contribution in [0.5, 0.6) is 0 Å². The Kier molecular flexibility index (Phi) is 3.41. The lowest BCUT2D eigenvalue weighted by Crippen LogP contribution is -2.38. The van der Waals surface area contributed by atoms with Gasteiger partial charge in [-0.2, -0.15) is 0 Å². The lowest BCUT2D eigenvalue weighted by Gasteiger charge is -2.29. The van der Waals surface area contributed by atoms with Crippen LogP contribution in [0.15, 0.2) is 18.3 Å². The van der Waals surface area contributed by atoms with Crippen molar-refractivity contribution in [1.29, 1.82) is 0 Å². The number of aromatic nitrogens is 1. The van der Waals surface area contributed by atoms with Crippen LogP contribution in [-0.2, 0) is 4.74 Å². The van der Waals surface area contributed by atoms with E-state index in [0.29, 0.717) is 0 Å². The highest BCUT2D eigenvalue weighted by Gasteiger charge is 2.20. The summed E-state index contributed by atoms with van der Waals surface area (Å²) in [6.07, 6.45) is 2.26. The van der Waals surface area contributed by atoms with Gasteiger partial charge in [0.25, 0.3) is 0 Å². The van der Waals surface area contributed by atoms with E-state index in [1.165, 1.54) is 5.56 Å². The molecule has 1 saturated heterocycles. The number of rotatable bonds is 2. The summed E-state index contributed by atoms with van der Waals surface area (Å²) in [5.41, 5.74) is 1.19. The van der Waals surface area contributed by atoms with Gasteiger partial charge in [-0.05, 0) is 24.6 Å². The van der Waals surface area contributed by atoms with Crippen LogP contribution in [0.4, 0.5) is 5.82 Å². The molecular formula is C12H19N3O. The average Bonchev–Trinajstić information content (AvgIpc) is 2.29. The summed E-state index contributed by atoms with van der Waals surface area (Å²) in [4.78, 5) is 6.31. The predicted octanol–water partition coefficient (Wildman–Crippen LogP) is 1.20. The Hall–Kier alpha value is -1.13. The number of pyridine rings is 1. The molecule has 1 aromatic rings. The van der Waals surface area contributed by atoms with Crippen molar-refractivity contribution in [3.8, 4) is 0 Å². The molecule has 1 aromatic heterocycles. The molecule has 1 aliphatic heterocycles. The summed E-state index contributed by atoms with van der Waals surface area (Å²) in [5, 5.41) is 3.37. The van der Waals surface area contributed by atoms with Gasteiger partial charge < -0.3 is 15.0 Å². The zero-order valence-corrected chi connectivity index (χ0v) is 10.1. The molecule has 1 fully saturated rings. The maximum atomic E-state index is 5.90. The Morgan fingerprint density at radius 3 is 2.94 bits per heavy atom. The quantitative estimate of drug-likeness (QED) is 0.814. The number of nitrogens with one attached hydrogen (secondary N) is 1. The maximum Gasteiger partial charge on any atom is 0.128 e. The maximum absolute atomic E-state index is 5.90. The van der Waals surface area contributed by atoms with Crippen LogP contribution >= 0.6 is 0 Å². The van der Waals surface area contributed by atoms with E-state index >= 15 is 0 Å². The first-order valence-electron chi connectivity index (χ1n) is 5.66. The molecule has 4 heteroatoms. The molecular weight excluding hydrogens is 202 g/mol. The van der Waals surface area contributed by atoms with Crippen molar-refractivity contribution in [2.45, 2.75) is 19.1 Å². The van der Waals surface area contributed by atoms with Crippen molar-refractivity contribution in [2.24, 2.45) is 0 Å². The summed E-state index contributed by atoms with van der Waals surface area (Å²) in [7, 11) is 3.99. The highest BCUT2D eigenvalue weighted by molar-refractivity contribution is 5.40. The summed E-state index contributed by atoms with van der Waals surface area (Å²) in [5.74, 6) is 0.972. The fourth-order valence-corrected chi connectivity index (χ4v) is 1.87. The van der Waals surface area contributed by atoms with Crippen molar-refractivity contribution < 1.29 is 4.74 Å². The van der Waals surface area contributed by atoms with E-state index in [1.54, 1.807) is 0 Å². The topological polar surface area (TPSA) is 37.4 Å². The largest absolute Gasteiger partial charge is 0.368 e. The number of morpholine rings is 1. The molecule has 0 aromatic carbocycles. The summed E-state index contributed by atoms with van der Waals surface area (Å²) >= 11 is 0. The van der Waals surface area contributed by atoms with Crippen molar-refractivity contribution in [3.05, 3.63) is 23.9 Å². The minimum absolute atomic E-state index is 0.144. The second-order valence-electron chi connectivity index (χ2n) is 4.44. The molecule has 0 spiro atoms. The molecule has 2 heterocycles. The molecule has 0 unspecified atom stereocenters. The number of anilines is 1. The third-order valence-electron chi connectivity index (χ3n) is 2.76. The normalized spacial score (nSPS) is 25.4. The van der Waals surface area contributed by atoms with E-state index in [1.807, 2.05) is 31.3 Å². The van der Waals surface area contributed by atoms with Gasteiger partial charge in [0.1, 0.15) is 5.82 Å². The van der Waals surface area contributed by atoms with E-state index in [0.717, 1.165) is 18.9 Å². The smallest absolute Gasteiger partial charge is 0.128 e. The van der Waals surface area contributed by atoms with Crippen molar-refractivity contribution in [3.63, 3.8) is 0 Å². The highest BCUT2D eigenvalue weighted by atomic mass is 16.5. The third-order valence-corrected chi connectivity index (χ3v) is 2.76. The number of hydrogen-bond acceptors (Lipinski definition) is 4. The molecule has 1 aliphatic rings. The van der Waals surface area contributed by atoms with Gasteiger partial charge in [-0.15, -0.1) is 0 Å². The zero-order chi connectivity index (χ0) is 11.5. The molecule has 16 heavy (non-hydrogen) atoms. The van der Waals surface area contributed by atoms with Gasteiger partial charge in [0.15, 0.2) is 0 Å².